The second kappa shape index (κ2) is 7.64. The van der Waals surface area contributed by atoms with E-state index in [2.05, 4.69) is 42.9 Å². The molecule has 3 rings (SSSR count). The van der Waals surface area contributed by atoms with E-state index in [1.54, 1.807) is 12.1 Å². The SMILES string of the molecule is CCC/C(=C(/c1ccc(F)cc1)C(C)CC)c1ccnc2[nH]ccc12. The molecular weight excluding hydrogens is 311 g/mol. The van der Waals surface area contributed by atoms with E-state index in [-0.39, 0.29) is 5.82 Å². The first kappa shape index (κ1) is 17.4. The van der Waals surface area contributed by atoms with Crippen LogP contribution in [0.2, 0.25) is 0 Å². The molecular formula is C22H25FN2. The lowest BCUT2D eigenvalue weighted by Gasteiger charge is -2.22. The lowest BCUT2D eigenvalue weighted by Crippen LogP contribution is -2.03. The zero-order chi connectivity index (χ0) is 17.8. The molecule has 0 bridgehead atoms. The van der Waals surface area contributed by atoms with E-state index < -0.39 is 0 Å². The van der Waals surface area contributed by atoms with Gasteiger partial charge in [0.2, 0.25) is 0 Å². The number of nitrogens with zero attached hydrogens (tertiary/aromatic N) is 1. The lowest BCUT2D eigenvalue weighted by atomic mass is 9.83. The van der Waals surface area contributed by atoms with Crippen LogP contribution in [0.25, 0.3) is 22.2 Å². The number of rotatable bonds is 6. The number of pyridine rings is 1. The van der Waals surface area contributed by atoms with Gasteiger partial charge in [-0.05, 0) is 65.3 Å². The molecule has 0 saturated carbocycles. The maximum absolute atomic E-state index is 13.4. The van der Waals surface area contributed by atoms with Gasteiger partial charge in [0.15, 0.2) is 0 Å². The molecule has 2 nitrogen and oxygen atoms in total. The summed E-state index contributed by atoms with van der Waals surface area (Å²) in [5.74, 6) is 0.204. The maximum atomic E-state index is 13.4. The molecule has 0 aliphatic rings. The van der Waals surface area contributed by atoms with Gasteiger partial charge >= 0.3 is 0 Å². The number of halogens is 1. The van der Waals surface area contributed by atoms with Crippen LogP contribution < -0.4 is 0 Å². The molecule has 0 aliphatic carbocycles. The van der Waals surface area contributed by atoms with Crippen LogP contribution in [0.1, 0.15) is 51.2 Å². The van der Waals surface area contributed by atoms with E-state index in [9.17, 15) is 4.39 Å². The van der Waals surface area contributed by atoms with E-state index >= 15 is 0 Å². The Morgan fingerprint density at radius 3 is 2.56 bits per heavy atom. The molecule has 1 N–H and O–H groups in total. The molecule has 2 heterocycles. The molecule has 0 fully saturated rings. The summed E-state index contributed by atoms with van der Waals surface area (Å²) in [5, 5.41) is 1.15. The van der Waals surface area contributed by atoms with E-state index in [1.165, 1.54) is 16.7 Å². The lowest BCUT2D eigenvalue weighted by molar-refractivity contribution is 0.627. The number of H-pyrrole nitrogens is 1. The second-order valence-electron chi connectivity index (χ2n) is 6.56. The molecule has 0 amide bonds. The Balaban J connectivity index is 2.28. The first-order chi connectivity index (χ1) is 12.2. The van der Waals surface area contributed by atoms with E-state index in [0.717, 1.165) is 35.9 Å². The summed E-state index contributed by atoms with van der Waals surface area (Å²) in [7, 11) is 0. The van der Waals surface area contributed by atoms with Crippen LogP contribution in [0.3, 0.4) is 0 Å². The van der Waals surface area contributed by atoms with Gasteiger partial charge in [-0.3, -0.25) is 0 Å². The molecule has 1 aromatic carbocycles. The molecule has 1 unspecified atom stereocenters. The molecule has 3 aromatic rings. The molecule has 130 valence electrons. The molecule has 3 heteroatoms. The fourth-order valence-corrected chi connectivity index (χ4v) is 3.48. The Morgan fingerprint density at radius 1 is 1.12 bits per heavy atom. The van der Waals surface area contributed by atoms with Crippen molar-refractivity contribution in [3.63, 3.8) is 0 Å². The zero-order valence-corrected chi connectivity index (χ0v) is 15.1. The summed E-state index contributed by atoms with van der Waals surface area (Å²) in [4.78, 5) is 7.63. The quantitative estimate of drug-likeness (QED) is 0.550. The predicted octanol–water partition coefficient (Wildman–Crippen LogP) is 6.46. The number of aromatic nitrogens is 2. The number of hydrogen-bond acceptors (Lipinski definition) is 1. The third-order valence-corrected chi connectivity index (χ3v) is 4.87. The second-order valence-corrected chi connectivity index (χ2v) is 6.56. The Kier molecular flexibility index (Phi) is 5.32. The molecule has 0 spiro atoms. The maximum Gasteiger partial charge on any atom is 0.137 e. The highest BCUT2D eigenvalue weighted by Crippen LogP contribution is 2.38. The summed E-state index contributed by atoms with van der Waals surface area (Å²) in [6, 6.07) is 11.1. The number of nitrogens with one attached hydrogen (secondary N) is 1. The normalized spacial score (nSPS) is 13.8. The molecule has 25 heavy (non-hydrogen) atoms. The van der Waals surface area contributed by atoms with Crippen molar-refractivity contribution in [2.75, 3.05) is 0 Å². The standard InChI is InChI=1S/C22H25FN2/c1-4-6-19(18-11-13-24-22-20(18)12-14-25-22)21(15(3)5-2)16-7-9-17(23)10-8-16/h7-15H,4-6H2,1-3H3,(H,24,25)/b21-19-. The van der Waals surface area contributed by atoms with Crippen molar-refractivity contribution in [1.82, 2.24) is 9.97 Å². The minimum absolute atomic E-state index is 0.193. The van der Waals surface area contributed by atoms with E-state index in [4.69, 9.17) is 0 Å². The van der Waals surface area contributed by atoms with Crippen LogP contribution in [0.15, 0.2) is 48.8 Å². The Labute approximate surface area is 148 Å². The zero-order valence-electron chi connectivity index (χ0n) is 15.1. The number of hydrogen-bond donors (Lipinski definition) is 1. The summed E-state index contributed by atoms with van der Waals surface area (Å²) in [6.45, 7) is 6.66. The van der Waals surface area contributed by atoms with Gasteiger partial charge in [0, 0.05) is 17.8 Å². The van der Waals surface area contributed by atoms with Crippen molar-refractivity contribution in [3.05, 3.63) is 65.7 Å². The van der Waals surface area contributed by atoms with Crippen LogP contribution in [-0.2, 0) is 0 Å². The third kappa shape index (κ3) is 3.51. The number of aromatic amines is 1. The smallest absolute Gasteiger partial charge is 0.137 e. The summed E-state index contributed by atoms with van der Waals surface area (Å²) >= 11 is 0. The van der Waals surface area contributed by atoms with Gasteiger partial charge in [-0.2, -0.15) is 0 Å². The van der Waals surface area contributed by atoms with Crippen molar-refractivity contribution in [2.24, 2.45) is 5.92 Å². The van der Waals surface area contributed by atoms with Gasteiger partial charge in [-0.1, -0.05) is 39.3 Å². The van der Waals surface area contributed by atoms with Crippen LogP contribution >= 0.6 is 0 Å². The monoisotopic (exact) mass is 336 g/mol. The topological polar surface area (TPSA) is 28.7 Å². The summed E-state index contributed by atoms with van der Waals surface area (Å²) in [6.07, 6.45) is 6.89. The largest absolute Gasteiger partial charge is 0.346 e. The number of allylic oxidation sites excluding steroid dienone is 2. The van der Waals surface area contributed by atoms with Gasteiger partial charge in [-0.15, -0.1) is 0 Å². The fraction of sp³-hybridized carbons (Fsp3) is 0.318. The van der Waals surface area contributed by atoms with Gasteiger partial charge < -0.3 is 4.98 Å². The van der Waals surface area contributed by atoms with Crippen molar-refractivity contribution >= 4 is 22.2 Å². The average Bonchev–Trinajstić information content (AvgIpc) is 3.11. The van der Waals surface area contributed by atoms with Crippen molar-refractivity contribution < 1.29 is 4.39 Å². The highest BCUT2D eigenvalue weighted by molar-refractivity contribution is 5.99. The average molecular weight is 336 g/mol. The van der Waals surface area contributed by atoms with Gasteiger partial charge in [0.25, 0.3) is 0 Å². The Hall–Kier alpha value is -2.42. The highest BCUT2D eigenvalue weighted by atomic mass is 19.1. The van der Waals surface area contributed by atoms with E-state index in [1.807, 2.05) is 24.5 Å². The molecule has 0 saturated heterocycles. The predicted molar refractivity (Wildman–Crippen MR) is 104 cm³/mol. The van der Waals surface area contributed by atoms with Crippen molar-refractivity contribution in [2.45, 2.75) is 40.0 Å². The highest BCUT2D eigenvalue weighted by Gasteiger charge is 2.18. The summed E-state index contributed by atoms with van der Waals surface area (Å²) in [5.41, 5.74) is 5.91. The van der Waals surface area contributed by atoms with Crippen LogP contribution in [-0.4, -0.2) is 9.97 Å². The first-order valence-corrected chi connectivity index (χ1v) is 9.07. The van der Waals surface area contributed by atoms with Gasteiger partial charge in [-0.25, -0.2) is 9.37 Å². The van der Waals surface area contributed by atoms with Gasteiger partial charge in [0.05, 0.1) is 0 Å². The molecule has 0 aliphatic heterocycles. The van der Waals surface area contributed by atoms with Crippen molar-refractivity contribution in [3.8, 4) is 0 Å². The Morgan fingerprint density at radius 2 is 1.88 bits per heavy atom. The molecule has 2 aromatic heterocycles. The van der Waals surface area contributed by atoms with E-state index in [0.29, 0.717) is 5.92 Å². The summed E-state index contributed by atoms with van der Waals surface area (Å²) < 4.78 is 13.4. The third-order valence-electron chi connectivity index (χ3n) is 4.87. The van der Waals surface area contributed by atoms with Crippen LogP contribution in [0.5, 0.6) is 0 Å². The first-order valence-electron chi connectivity index (χ1n) is 9.07. The van der Waals surface area contributed by atoms with Crippen molar-refractivity contribution in [1.29, 1.82) is 0 Å². The molecule has 0 radical (unpaired) electrons. The molecule has 1 atom stereocenters. The van der Waals surface area contributed by atoms with Gasteiger partial charge in [0.1, 0.15) is 11.5 Å². The number of benzene rings is 1. The number of fused-ring (bicyclic) bond motifs is 1. The minimum atomic E-state index is -0.193. The minimum Gasteiger partial charge on any atom is -0.346 e. The fourth-order valence-electron chi connectivity index (χ4n) is 3.48. The van der Waals surface area contributed by atoms with Crippen LogP contribution in [0, 0.1) is 11.7 Å². The van der Waals surface area contributed by atoms with Crippen LogP contribution in [0.4, 0.5) is 4.39 Å². The Bertz CT molecular complexity index is 874.